The van der Waals surface area contributed by atoms with Crippen molar-refractivity contribution >= 4 is 11.9 Å². The van der Waals surface area contributed by atoms with Crippen molar-refractivity contribution in [3.05, 3.63) is 22.3 Å². The van der Waals surface area contributed by atoms with Gasteiger partial charge in [-0.25, -0.2) is 4.79 Å². The van der Waals surface area contributed by atoms with Gasteiger partial charge < -0.3 is 25.3 Å². The van der Waals surface area contributed by atoms with Crippen LogP contribution in [0.1, 0.15) is 147 Å². The van der Waals surface area contributed by atoms with Gasteiger partial charge in [-0.05, 0) is 121 Å². The number of rotatable bonds is 22. The average molecular weight is 645 g/mol. The number of unbranched alkanes of at least 4 members (excludes halogenated alkanes) is 1. The van der Waals surface area contributed by atoms with Crippen LogP contribution in [0.15, 0.2) is 0 Å². The van der Waals surface area contributed by atoms with E-state index in [1.807, 2.05) is 6.92 Å². The lowest BCUT2D eigenvalue weighted by Gasteiger charge is -2.38. The smallest absolute Gasteiger partial charge is 0.328 e. The van der Waals surface area contributed by atoms with Crippen LogP contribution in [0.3, 0.4) is 0 Å². The molecule has 0 radical (unpaired) electrons. The van der Waals surface area contributed by atoms with E-state index in [1.54, 1.807) is 6.92 Å². The third kappa shape index (κ3) is 13.1. The lowest BCUT2D eigenvalue weighted by molar-refractivity contribution is -0.147. The molecule has 2 rings (SSSR count). The van der Waals surface area contributed by atoms with Gasteiger partial charge in [-0.2, -0.15) is 0 Å². The summed E-state index contributed by atoms with van der Waals surface area (Å²) in [6.45, 7) is 20.3. The fraction of sp³-hybridized carbons (Fsp3) is 0.795. The molecule has 1 aromatic rings. The Morgan fingerprint density at radius 1 is 0.870 bits per heavy atom. The second-order valence-electron chi connectivity index (χ2n) is 14.9. The summed E-state index contributed by atoms with van der Waals surface area (Å²) in [6.07, 6.45) is 15.5. The summed E-state index contributed by atoms with van der Waals surface area (Å²) in [4.78, 5) is 25.2. The van der Waals surface area contributed by atoms with Gasteiger partial charge in [0.2, 0.25) is 0 Å². The van der Waals surface area contributed by atoms with Crippen molar-refractivity contribution in [1.82, 2.24) is 5.32 Å². The third-order valence-corrected chi connectivity index (χ3v) is 10.0. The van der Waals surface area contributed by atoms with Gasteiger partial charge in [0.25, 0.3) is 5.91 Å². The molecule has 3 N–H and O–H groups in total. The number of hydrogen-bond donors (Lipinski definition) is 2. The largest absolute Gasteiger partial charge is 0.487 e. The van der Waals surface area contributed by atoms with Crippen molar-refractivity contribution in [2.24, 2.45) is 23.5 Å². The number of esters is 1. The minimum Gasteiger partial charge on any atom is -0.487 e. The topological polar surface area (TPSA) is 99.9 Å². The van der Waals surface area contributed by atoms with E-state index in [9.17, 15) is 9.59 Å². The normalized spacial score (nSPS) is 18.0. The Hall–Kier alpha value is -2.28. The van der Waals surface area contributed by atoms with E-state index in [-0.39, 0.29) is 24.7 Å². The van der Waals surface area contributed by atoms with Crippen molar-refractivity contribution in [2.75, 3.05) is 19.8 Å². The summed E-state index contributed by atoms with van der Waals surface area (Å²) < 4.78 is 18.1. The summed E-state index contributed by atoms with van der Waals surface area (Å²) in [5.41, 5.74) is 9.71. The molecule has 0 fully saturated rings. The van der Waals surface area contributed by atoms with E-state index in [2.05, 4.69) is 53.8 Å². The van der Waals surface area contributed by atoms with Crippen molar-refractivity contribution in [1.29, 1.82) is 0 Å². The quantitative estimate of drug-likeness (QED) is 0.0968. The van der Waals surface area contributed by atoms with E-state index in [0.717, 1.165) is 78.0 Å². The molecule has 1 heterocycles. The van der Waals surface area contributed by atoms with E-state index in [4.69, 9.17) is 19.9 Å². The molecule has 0 aliphatic carbocycles. The molecule has 46 heavy (non-hydrogen) atoms. The molecule has 0 unspecified atom stereocenters. The number of fused-ring (bicyclic) bond motifs is 1. The molecule has 0 aromatic heterocycles. The fourth-order valence-corrected chi connectivity index (χ4v) is 6.83. The molecule has 1 aromatic carbocycles. The number of carbonyl (C=O) groups is 2. The van der Waals surface area contributed by atoms with Crippen molar-refractivity contribution in [2.45, 2.75) is 164 Å². The van der Waals surface area contributed by atoms with E-state index >= 15 is 0 Å². The highest BCUT2D eigenvalue weighted by Crippen LogP contribution is 2.45. The van der Waals surface area contributed by atoms with Crippen LogP contribution in [0.5, 0.6) is 11.5 Å². The molecule has 1 aliphatic heterocycles. The van der Waals surface area contributed by atoms with Gasteiger partial charge in [-0.3, -0.25) is 4.79 Å². The van der Waals surface area contributed by atoms with Crippen LogP contribution in [0.4, 0.5) is 0 Å². The highest BCUT2D eigenvalue weighted by molar-refractivity contribution is 5.85. The van der Waals surface area contributed by atoms with Crippen molar-refractivity contribution in [3.63, 3.8) is 0 Å². The fourth-order valence-electron chi connectivity index (χ4n) is 6.83. The van der Waals surface area contributed by atoms with Gasteiger partial charge in [0.1, 0.15) is 23.1 Å². The number of ether oxygens (including phenoxy) is 3. The Morgan fingerprint density at radius 3 is 2.11 bits per heavy atom. The molecule has 0 saturated carbocycles. The van der Waals surface area contributed by atoms with Crippen LogP contribution in [-0.2, 0) is 20.7 Å². The second kappa shape index (κ2) is 20.2. The molecular weight excluding hydrogens is 576 g/mol. The highest BCUT2D eigenvalue weighted by atomic mass is 16.5. The molecule has 1 amide bonds. The van der Waals surface area contributed by atoms with Crippen LogP contribution in [0.2, 0.25) is 0 Å². The standard InChI is InChI=1S/C39H68N2O5/c1-10-44-38(43)34(21-11-12-25-40)41-35(42)26-45-36-30(6)31(7)37-33(32(36)8)22-24-39(9,46-37)23-15-20-29(5)19-14-18-28(4)17-13-16-27(2)3/h27-29,34H,10-26,40H2,1-9H3,(H,41,42)/t28-,29-,34+,39-/m1/s1. The Bertz CT molecular complexity index is 1090. The summed E-state index contributed by atoms with van der Waals surface area (Å²) >= 11 is 0. The van der Waals surface area contributed by atoms with Gasteiger partial charge in [0, 0.05) is 5.56 Å². The van der Waals surface area contributed by atoms with Gasteiger partial charge in [-0.1, -0.05) is 72.6 Å². The van der Waals surface area contributed by atoms with Crippen LogP contribution in [0, 0.1) is 38.5 Å². The Labute approximate surface area is 281 Å². The maximum atomic E-state index is 12.9. The zero-order valence-corrected chi connectivity index (χ0v) is 30.9. The number of benzene rings is 1. The lowest BCUT2D eigenvalue weighted by Crippen LogP contribution is -2.44. The first-order valence-corrected chi connectivity index (χ1v) is 18.4. The van der Waals surface area contributed by atoms with Gasteiger partial charge >= 0.3 is 5.97 Å². The number of nitrogens with two attached hydrogens (primary N) is 1. The molecule has 4 atom stereocenters. The third-order valence-electron chi connectivity index (χ3n) is 10.0. The highest BCUT2D eigenvalue weighted by Gasteiger charge is 2.34. The minimum atomic E-state index is -0.697. The average Bonchev–Trinajstić information content (AvgIpc) is 2.99. The summed E-state index contributed by atoms with van der Waals surface area (Å²) in [7, 11) is 0. The Balaban J connectivity index is 1.91. The van der Waals surface area contributed by atoms with Crippen LogP contribution >= 0.6 is 0 Å². The number of nitrogens with one attached hydrogen (secondary N) is 1. The van der Waals surface area contributed by atoms with Crippen molar-refractivity contribution in [3.8, 4) is 11.5 Å². The zero-order valence-electron chi connectivity index (χ0n) is 30.9. The maximum Gasteiger partial charge on any atom is 0.328 e. The SMILES string of the molecule is CCOC(=O)[C@H](CCCCN)NC(=O)COc1c(C)c(C)c2c(c1C)CC[C@@](C)(CCC[C@H](C)CCC[C@H](C)CCCC(C)C)O2. The van der Waals surface area contributed by atoms with E-state index in [1.165, 1.54) is 56.9 Å². The van der Waals surface area contributed by atoms with E-state index in [0.29, 0.717) is 13.0 Å². The first-order valence-electron chi connectivity index (χ1n) is 18.4. The van der Waals surface area contributed by atoms with Crippen LogP contribution in [-0.4, -0.2) is 43.3 Å². The van der Waals surface area contributed by atoms with Crippen molar-refractivity contribution < 1.29 is 23.8 Å². The predicted molar refractivity (Wildman–Crippen MR) is 190 cm³/mol. The van der Waals surface area contributed by atoms with Gasteiger partial charge in [0.15, 0.2) is 6.61 Å². The molecule has 1 aliphatic rings. The Morgan fingerprint density at radius 2 is 1.50 bits per heavy atom. The minimum absolute atomic E-state index is 0.166. The monoisotopic (exact) mass is 645 g/mol. The van der Waals surface area contributed by atoms with Gasteiger partial charge in [-0.15, -0.1) is 0 Å². The Kier molecular flexibility index (Phi) is 17.5. The molecule has 264 valence electrons. The maximum absolute atomic E-state index is 12.9. The molecular formula is C39H68N2O5. The second-order valence-corrected chi connectivity index (χ2v) is 14.9. The lowest BCUT2D eigenvalue weighted by atomic mass is 9.83. The zero-order chi connectivity index (χ0) is 34.3. The predicted octanol–water partition coefficient (Wildman–Crippen LogP) is 8.69. The molecule has 0 saturated heterocycles. The van der Waals surface area contributed by atoms with Crippen LogP contribution < -0.4 is 20.5 Å². The van der Waals surface area contributed by atoms with Crippen LogP contribution in [0.25, 0.3) is 0 Å². The summed E-state index contributed by atoms with van der Waals surface area (Å²) in [5, 5.41) is 2.81. The summed E-state index contributed by atoms with van der Waals surface area (Å²) in [6, 6.07) is -0.697. The molecule has 7 heteroatoms. The number of amides is 1. The number of hydrogen-bond acceptors (Lipinski definition) is 6. The first-order chi connectivity index (χ1) is 21.8. The molecule has 0 spiro atoms. The summed E-state index contributed by atoms with van der Waals surface area (Å²) in [5.74, 6) is 3.38. The van der Waals surface area contributed by atoms with Gasteiger partial charge in [0.05, 0.1) is 6.61 Å². The molecule has 0 bridgehead atoms. The van der Waals surface area contributed by atoms with E-state index < -0.39 is 12.0 Å². The first kappa shape index (κ1) is 39.9. The molecule has 7 nitrogen and oxygen atoms in total. The number of carbonyl (C=O) groups excluding carboxylic acids is 2.